The zero-order valence-corrected chi connectivity index (χ0v) is 4.87. The molecule has 0 heterocycles. The summed E-state index contributed by atoms with van der Waals surface area (Å²) in [5.74, 6) is -0.826. The standard InChI is InChI=1S/C6H7NO2/c7-2-1-4-3-5(4)6(8)9/h4-5H,1,3H2,(H,8,9)/t4-,5-/m1/s1. The predicted molar refractivity (Wildman–Crippen MR) is 29.5 cm³/mol. The molecule has 1 N–H and O–H groups in total. The molecule has 3 nitrogen and oxygen atoms in total. The molecule has 0 aromatic rings. The average Bonchev–Trinajstić information content (AvgIpc) is 2.47. The van der Waals surface area contributed by atoms with Gasteiger partial charge in [-0.05, 0) is 12.3 Å². The fourth-order valence-corrected chi connectivity index (χ4v) is 0.893. The van der Waals surface area contributed by atoms with E-state index in [9.17, 15) is 4.79 Å². The number of hydrogen-bond donors (Lipinski definition) is 1. The molecule has 9 heavy (non-hydrogen) atoms. The monoisotopic (exact) mass is 125 g/mol. The van der Waals surface area contributed by atoms with E-state index in [1.54, 1.807) is 0 Å². The van der Waals surface area contributed by atoms with Gasteiger partial charge in [0, 0.05) is 6.42 Å². The molecule has 2 atom stereocenters. The molecule has 0 amide bonds. The number of hydrogen-bond acceptors (Lipinski definition) is 2. The summed E-state index contributed by atoms with van der Waals surface area (Å²) in [5, 5.41) is 16.5. The van der Waals surface area contributed by atoms with E-state index in [4.69, 9.17) is 10.4 Å². The molecule has 0 saturated heterocycles. The van der Waals surface area contributed by atoms with Gasteiger partial charge in [-0.25, -0.2) is 0 Å². The van der Waals surface area contributed by atoms with Gasteiger partial charge in [-0.15, -0.1) is 0 Å². The van der Waals surface area contributed by atoms with Gasteiger partial charge in [0.1, 0.15) is 0 Å². The number of carboxylic acids is 1. The van der Waals surface area contributed by atoms with E-state index in [1.165, 1.54) is 0 Å². The van der Waals surface area contributed by atoms with Gasteiger partial charge >= 0.3 is 5.97 Å². The lowest BCUT2D eigenvalue weighted by Gasteiger charge is -1.83. The lowest BCUT2D eigenvalue weighted by atomic mass is 10.2. The predicted octanol–water partition coefficient (Wildman–Crippen LogP) is 0.621. The van der Waals surface area contributed by atoms with Gasteiger partial charge in [0.2, 0.25) is 0 Å². The van der Waals surface area contributed by atoms with Gasteiger partial charge in [0.15, 0.2) is 0 Å². The maximum absolute atomic E-state index is 10.1. The highest BCUT2D eigenvalue weighted by molar-refractivity contribution is 5.73. The Morgan fingerprint density at radius 1 is 1.89 bits per heavy atom. The van der Waals surface area contributed by atoms with E-state index >= 15 is 0 Å². The van der Waals surface area contributed by atoms with Crippen molar-refractivity contribution in [2.75, 3.05) is 0 Å². The summed E-state index contributed by atoms with van der Waals surface area (Å²) < 4.78 is 0. The van der Waals surface area contributed by atoms with Crippen molar-refractivity contribution in [3.05, 3.63) is 0 Å². The Hall–Kier alpha value is -1.04. The first-order valence-corrected chi connectivity index (χ1v) is 2.85. The minimum absolute atomic E-state index is 0.146. The van der Waals surface area contributed by atoms with E-state index in [0.717, 1.165) is 0 Å². The largest absolute Gasteiger partial charge is 0.481 e. The molecule has 1 rings (SSSR count). The maximum atomic E-state index is 10.1. The summed E-state index contributed by atoms with van der Waals surface area (Å²) in [4.78, 5) is 10.1. The third-order valence-electron chi connectivity index (χ3n) is 1.59. The van der Waals surface area contributed by atoms with Crippen LogP contribution in [0.4, 0.5) is 0 Å². The Labute approximate surface area is 52.9 Å². The van der Waals surface area contributed by atoms with E-state index in [2.05, 4.69) is 0 Å². The van der Waals surface area contributed by atoms with Crippen LogP contribution in [0.15, 0.2) is 0 Å². The number of nitrogens with zero attached hydrogens (tertiary/aromatic N) is 1. The number of rotatable bonds is 2. The highest BCUT2D eigenvalue weighted by Gasteiger charge is 2.42. The lowest BCUT2D eigenvalue weighted by molar-refractivity contribution is -0.138. The van der Waals surface area contributed by atoms with E-state index in [0.29, 0.717) is 12.8 Å². The molecule has 1 aliphatic rings. The number of aliphatic carboxylic acids is 1. The van der Waals surface area contributed by atoms with Crippen LogP contribution < -0.4 is 0 Å². The smallest absolute Gasteiger partial charge is 0.306 e. The highest BCUT2D eigenvalue weighted by atomic mass is 16.4. The minimum atomic E-state index is -0.754. The number of carbonyl (C=O) groups is 1. The number of carboxylic acid groups (broad SMARTS) is 1. The third-order valence-corrected chi connectivity index (χ3v) is 1.59. The van der Waals surface area contributed by atoms with Gasteiger partial charge in [0.25, 0.3) is 0 Å². The molecule has 0 aliphatic heterocycles. The van der Waals surface area contributed by atoms with Gasteiger partial charge in [-0.3, -0.25) is 4.79 Å². The van der Waals surface area contributed by atoms with Gasteiger partial charge < -0.3 is 5.11 Å². The van der Waals surface area contributed by atoms with Crippen LogP contribution in [0.5, 0.6) is 0 Å². The van der Waals surface area contributed by atoms with Crippen LogP contribution in [0, 0.1) is 23.2 Å². The van der Waals surface area contributed by atoms with Crippen molar-refractivity contribution >= 4 is 5.97 Å². The molecule has 3 heteroatoms. The van der Waals surface area contributed by atoms with Crippen LogP contribution in [-0.2, 0) is 4.79 Å². The number of nitriles is 1. The molecule has 0 radical (unpaired) electrons. The third kappa shape index (κ3) is 1.20. The van der Waals surface area contributed by atoms with Crippen molar-refractivity contribution in [2.45, 2.75) is 12.8 Å². The molecule has 0 spiro atoms. The van der Waals surface area contributed by atoms with Crippen LogP contribution in [-0.4, -0.2) is 11.1 Å². The quantitative estimate of drug-likeness (QED) is 0.588. The summed E-state index contributed by atoms with van der Waals surface area (Å²) in [7, 11) is 0. The molecular formula is C6H7NO2. The van der Waals surface area contributed by atoms with Crippen molar-refractivity contribution in [1.82, 2.24) is 0 Å². The van der Waals surface area contributed by atoms with Crippen LogP contribution in [0.3, 0.4) is 0 Å². The van der Waals surface area contributed by atoms with Crippen molar-refractivity contribution in [3.63, 3.8) is 0 Å². The van der Waals surface area contributed by atoms with Crippen molar-refractivity contribution < 1.29 is 9.90 Å². The summed E-state index contributed by atoms with van der Waals surface area (Å²) in [6.07, 6.45) is 1.10. The summed E-state index contributed by atoms with van der Waals surface area (Å²) >= 11 is 0. The average molecular weight is 125 g/mol. The molecule has 1 aliphatic carbocycles. The highest BCUT2D eigenvalue weighted by Crippen LogP contribution is 2.40. The molecular weight excluding hydrogens is 118 g/mol. The van der Waals surface area contributed by atoms with Gasteiger partial charge in [-0.1, -0.05) is 0 Å². The maximum Gasteiger partial charge on any atom is 0.306 e. The topological polar surface area (TPSA) is 61.1 Å². The van der Waals surface area contributed by atoms with Crippen molar-refractivity contribution in [1.29, 1.82) is 5.26 Å². The fourth-order valence-electron chi connectivity index (χ4n) is 0.893. The first-order chi connectivity index (χ1) is 4.25. The SMILES string of the molecule is N#CC[C@@H]1C[C@H]1C(=O)O. The minimum Gasteiger partial charge on any atom is -0.481 e. The van der Waals surface area contributed by atoms with Crippen LogP contribution >= 0.6 is 0 Å². The Kier molecular flexibility index (Phi) is 1.39. The first-order valence-electron chi connectivity index (χ1n) is 2.85. The Morgan fingerprint density at radius 3 is 2.89 bits per heavy atom. The second-order valence-electron chi connectivity index (χ2n) is 2.30. The zero-order chi connectivity index (χ0) is 6.85. The second kappa shape index (κ2) is 2.06. The van der Waals surface area contributed by atoms with Crippen LogP contribution in [0.25, 0.3) is 0 Å². The summed E-state index contributed by atoms with van der Waals surface area (Å²) in [6, 6.07) is 1.95. The van der Waals surface area contributed by atoms with Gasteiger partial charge in [-0.2, -0.15) is 5.26 Å². The first kappa shape index (κ1) is 6.09. The van der Waals surface area contributed by atoms with E-state index in [1.807, 2.05) is 6.07 Å². The fraction of sp³-hybridized carbons (Fsp3) is 0.667. The van der Waals surface area contributed by atoms with Crippen LogP contribution in [0.1, 0.15) is 12.8 Å². The van der Waals surface area contributed by atoms with Gasteiger partial charge in [0.05, 0.1) is 12.0 Å². The van der Waals surface area contributed by atoms with Crippen molar-refractivity contribution in [3.8, 4) is 6.07 Å². The molecule has 48 valence electrons. The molecule has 0 bridgehead atoms. The zero-order valence-electron chi connectivity index (χ0n) is 4.87. The Morgan fingerprint density at radius 2 is 2.56 bits per heavy atom. The Balaban J connectivity index is 2.27. The van der Waals surface area contributed by atoms with E-state index < -0.39 is 5.97 Å². The molecule has 1 saturated carbocycles. The lowest BCUT2D eigenvalue weighted by Crippen LogP contribution is -1.98. The second-order valence-corrected chi connectivity index (χ2v) is 2.30. The van der Waals surface area contributed by atoms with Crippen molar-refractivity contribution in [2.24, 2.45) is 11.8 Å². The molecule has 0 unspecified atom stereocenters. The normalized spacial score (nSPS) is 31.0. The van der Waals surface area contributed by atoms with E-state index in [-0.39, 0.29) is 11.8 Å². The summed E-state index contributed by atoms with van der Waals surface area (Å²) in [5.41, 5.74) is 0. The molecule has 0 aromatic carbocycles. The Bertz CT molecular complexity index is 170. The molecule has 1 fully saturated rings. The molecule has 0 aromatic heterocycles. The van der Waals surface area contributed by atoms with Crippen LogP contribution in [0.2, 0.25) is 0 Å². The summed E-state index contributed by atoms with van der Waals surface area (Å²) in [6.45, 7) is 0.